The van der Waals surface area contributed by atoms with E-state index in [9.17, 15) is 0 Å². The monoisotopic (exact) mass is 695 g/mol. The van der Waals surface area contributed by atoms with Crippen LogP contribution in [0.25, 0.3) is 112 Å². The van der Waals surface area contributed by atoms with Crippen molar-refractivity contribution in [2.45, 2.75) is 0 Å². The number of furan rings is 1. The van der Waals surface area contributed by atoms with Crippen LogP contribution < -0.4 is 0 Å². The highest BCUT2D eigenvalue weighted by Gasteiger charge is 2.18. The van der Waals surface area contributed by atoms with Gasteiger partial charge in [-0.25, -0.2) is 19.9 Å². The highest BCUT2D eigenvalue weighted by Crippen LogP contribution is 2.38. The number of hydrogen-bond donors (Lipinski definition) is 0. The Balaban J connectivity index is 0.988. The number of pyridine rings is 3. The van der Waals surface area contributed by atoms with Crippen LogP contribution in [0, 0.1) is 0 Å². The maximum absolute atomic E-state index is 6.42. The summed E-state index contributed by atoms with van der Waals surface area (Å²) < 4.78 is 12.5. The molecule has 0 fully saturated rings. The molecule has 5 aromatic carbocycles. The first-order valence-corrected chi connectivity index (χ1v) is 17.4. The standard InChI is InChI=1S/C45H25N7O2/c1-2-12-38-32(6-1)35-24-40-37(25-39(35)53-38)49-45(54-40)33-10-4-8-30-29(7-3-9-31(30)33)26-13-15-27(16-14-26)42-50-43(28-17-21-46-22-18-28)52-44(51-42)34-19-23-47-36-11-5-20-48-41(34)36/h1-25H. The molecular formula is C45H25N7O2. The van der Waals surface area contributed by atoms with Crippen LogP contribution in [0.3, 0.4) is 0 Å². The molecule has 0 amide bonds. The number of nitrogens with zero attached hydrogens (tertiary/aromatic N) is 7. The normalized spacial score (nSPS) is 11.7. The Bertz CT molecular complexity index is 3220. The van der Waals surface area contributed by atoms with Crippen LogP contribution in [0.5, 0.6) is 0 Å². The van der Waals surface area contributed by atoms with Crippen molar-refractivity contribution in [1.29, 1.82) is 0 Å². The molecule has 0 bridgehead atoms. The molecule has 11 aromatic rings. The first-order chi connectivity index (χ1) is 26.7. The van der Waals surface area contributed by atoms with Crippen molar-refractivity contribution in [3.05, 3.63) is 152 Å². The third-order valence-corrected chi connectivity index (χ3v) is 9.80. The average molecular weight is 696 g/mol. The van der Waals surface area contributed by atoms with Crippen LogP contribution >= 0.6 is 0 Å². The number of rotatable bonds is 5. The van der Waals surface area contributed by atoms with E-state index in [1.54, 1.807) is 24.8 Å². The molecule has 6 heterocycles. The van der Waals surface area contributed by atoms with E-state index in [1.165, 1.54) is 0 Å². The molecule has 0 N–H and O–H groups in total. The lowest BCUT2D eigenvalue weighted by Crippen LogP contribution is -2.01. The molecule has 0 saturated heterocycles. The van der Waals surface area contributed by atoms with Crippen molar-refractivity contribution in [1.82, 2.24) is 34.9 Å². The smallest absolute Gasteiger partial charge is 0.227 e. The van der Waals surface area contributed by atoms with Crippen molar-refractivity contribution >= 4 is 54.8 Å². The van der Waals surface area contributed by atoms with Crippen molar-refractivity contribution < 1.29 is 8.83 Å². The van der Waals surface area contributed by atoms with Gasteiger partial charge in [0.25, 0.3) is 0 Å². The minimum absolute atomic E-state index is 0.518. The number of aromatic nitrogens is 7. The molecular weight excluding hydrogens is 671 g/mol. The van der Waals surface area contributed by atoms with Crippen LogP contribution in [-0.2, 0) is 0 Å². The van der Waals surface area contributed by atoms with E-state index in [2.05, 4.69) is 75.6 Å². The van der Waals surface area contributed by atoms with Gasteiger partial charge in [-0.3, -0.25) is 15.0 Å². The van der Waals surface area contributed by atoms with Crippen LogP contribution in [0.15, 0.2) is 161 Å². The molecule has 252 valence electrons. The maximum Gasteiger partial charge on any atom is 0.227 e. The van der Waals surface area contributed by atoms with E-state index >= 15 is 0 Å². The second kappa shape index (κ2) is 12.0. The number of para-hydroxylation sites is 1. The third-order valence-electron chi connectivity index (χ3n) is 9.80. The van der Waals surface area contributed by atoms with Crippen molar-refractivity contribution in [2.24, 2.45) is 0 Å². The third kappa shape index (κ3) is 4.91. The molecule has 9 heteroatoms. The van der Waals surface area contributed by atoms with Gasteiger partial charge in [0.2, 0.25) is 5.89 Å². The molecule has 0 aliphatic rings. The summed E-state index contributed by atoms with van der Waals surface area (Å²) in [6.07, 6.45) is 6.97. The zero-order valence-electron chi connectivity index (χ0n) is 28.4. The van der Waals surface area contributed by atoms with Gasteiger partial charge in [0.1, 0.15) is 16.7 Å². The van der Waals surface area contributed by atoms with E-state index in [0.29, 0.717) is 23.4 Å². The molecule has 11 rings (SSSR count). The summed E-state index contributed by atoms with van der Waals surface area (Å²) >= 11 is 0. The zero-order chi connectivity index (χ0) is 35.6. The molecule has 0 spiro atoms. The fraction of sp³-hybridized carbons (Fsp3) is 0. The molecule has 9 nitrogen and oxygen atoms in total. The predicted molar refractivity (Wildman–Crippen MR) is 210 cm³/mol. The zero-order valence-corrected chi connectivity index (χ0v) is 28.4. The second-order valence-electron chi connectivity index (χ2n) is 13.0. The lowest BCUT2D eigenvalue weighted by atomic mass is 9.95. The van der Waals surface area contributed by atoms with E-state index < -0.39 is 0 Å². The highest BCUT2D eigenvalue weighted by molar-refractivity contribution is 6.09. The molecule has 0 atom stereocenters. The predicted octanol–water partition coefficient (Wildman–Crippen LogP) is 10.7. The van der Waals surface area contributed by atoms with E-state index in [1.807, 2.05) is 66.7 Å². The molecule has 0 aliphatic heterocycles. The Labute approximate surface area is 306 Å². The summed E-state index contributed by atoms with van der Waals surface area (Å²) in [5.74, 6) is 2.18. The van der Waals surface area contributed by atoms with Crippen LogP contribution in [-0.4, -0.2) is 34.9 Å². The summed E-state index contributed by atoms with van der Waals surface area (Å²) in [6.45, 7) is 0. The van der Waals surface area contributed by atoms with Crippen molar-refractivity contribution in [3.8, 4) is 56.7 Å². The van der Waals surface area contributed by atoms with Gasteiger partial charge in [-0.1, -0.05) is 72.8 Å². The van der Waals surface area contributed by atoms with Gasteiger partial charge in [-0.2, -0.15) is 0 Å². The Morgan fingerprint density at radius 2 is 1.09 bits per heavy atom. The van der Waals surface area contributed by atoms with Crippen LogP contribution in [0.1, 0.15) is 0 Å². The van der Waals surface area contributed by atoms with E-state index in [4.69, 9.17) is 28.8 Å². The summed E-state index contributed by atoms with van der Waals surface area (Å²) in [6, 6.07) is 42.4. The lowest BCUT2D eigenvalue weighted by molar-refractivity contribution is 0.621. The fourth-order valence-corrected chi connectivity index (χ4v) is 7.22. The molecule has 0 aliphatic carbocycles. The van der Waals surface area contributed by atoms with Gasteiger partial charge >= 0.3 is 0 Å². The first-order valence-electron chi connectivity index (χ1n) is 17.4. The van der Waals surface area contributed by atoms with Crippen LogP contribution in [0.2, 0.25) is 0 Å². The van der Waals surface area contributed by atoms with E-state index in [-0.39, 0.29) is 0 Å². The lowest BCUT2D eigenvalue weighted by Gasteiger charge is -2.11. The summed E-state index contributed by atoms with van der Waals surface area (Å²) in [5, 5.41) is 4.19. The van der Waals surface area contributed by atoms with Gasteiger partial charge in [0.05, 0.1) is 11.0 Å². The number of benzene rings is 5. The molecule has 6 aromatic heterocycles. The summed E-state index contributed by atoms with van der Waals surface area (Å²) in [4.78, 5) is 32.9. The molecule has 0 unspecified atom stereocenters. The van der Waals surface area contributed by atoms with Gasteiger partial charge < -0.3 is 8.83 Å². The Morgan fingerprint density at radius 3 is 1.94 bits per heavy atom. The minimum Gasteiger partial charge on any atom is -0.456 e. The Hall–Kier alpha value is -7.65. The quantitative estimate of drug-likeness (QED) is 0.173. The largest absolute Gasteiger partial charge is 0.456 e. The van der Waals surface area contributed by atoms with Crippen molar-refractivity contribution in [2.75, 3.05) is 0 Å². The summed E-state index contributed by atoms with van der Waals surface area (Å²) in [7, 11) is 0. The Morgan fingerprint density at radius 1 is 0.370 bits per heavy atom. The number of oxazole rings is 1. The van der Waals surface area contributed by atoms with Gasteiger partial charge in [-0.15, -0.1) is 0 Å². The average Bonchev–Trinajstić information content (AvgIpc) is 3.83. The van der Waals surface area contributed by atoms with Gasteiger partial charge in [0.15, 0.2) is 23.1 Å². The topological polar surface area (TPSA) is 117 Å². The van der Waals surface area contributed by atoms with Gasteiger partial charge in [0, 0.05) is 63.9 Å². The van der Waals surface area contributed by atoms with Gasteiger partial charge in [-0.05, 0) is 70.4 Å². The SMILES string of the molecule is c1cnc2c(-c3nc(-c4ccncc4)nc(-c4ccc(-c5cccc6c(-c7nc8cc9oc%10ccccc%10c9cc8o7)cccc56)cc4)n3)ccnc2c1. The van der Waals surface area contributed by atoms with Crippen molar-refractivity contribution in [3.63, 3.8) is 0 Å². The maximum atomic E-state index is 6.42. The Kier molecular flexibility index (Phi) is 6.65. The number of hydrogen-bond acceptors (Lipinski definition) is 9. The minimum atomic E-state index is 0.518. The fourth-order valence-electron chi connectivity index (χ4n) is 7.22. The number of fused-ring (bicyclic) bond motifs is 6. The van der Waals surface area contributed by atoms with E-state index in [0.717, 1.165) is 88.2 Å². The van der Waals surface area contributed by atoms with Crippen LogP contribution in [0.4, 0.5) is 0 Å². The molecule has 0 saturated carbocycles. The summed E-state index contributed by atoms with van der Waals surface area (Å²) in [5.41, 5.74) is 10.1. The highest BCUT2D eigenvalue weighted by atomic mass is 16.4. The second-order valence-corrected chi connectivity index (χ2v) is 13.0. The molecule has 0 radical (unpaired) electrons. The first kappa shape index (κ1) is 30.0. The molecule has 54 heavy (non-hydrogen) atoms.